The first kappa shape index (κ1) is 11.5. The molecule has 0 bridgehead atoms. The fraction of sp³-hybridized carbons (Fsp3) is 0.143. The predicted octanol–water partition coefficient (Wildman–Crippen LogP) is 3.32. The topological polar surface area (TPSA) is 69.6 Å². The van der Waals surface area contributed by atoms with Gasteiger partial charge >= 0.3 is 0 Å². The highest BCUT2D eigenvalue weighted by molar-refractivity contribution is 5.91. The normalized spacial score (nSPS) is 10.8. The molecule has 0 spiro atoms. The van der Waals surface area contributed by atoms with Crippen molar-refractivity contribution < 1.29 is 9.51 Å². The Morgan fingerprint density at radius 1 is 1.26 bits per heavy atom. The highest BCUT2D eigenvalue weighted by atomic mass is 16.5. The monoisotopic (exact) mass is 254 g/mol. The van der Waals surface area contributed by atoms with E-state index in [1.165, 1.54) is 0 Å². The van der Waals surface area contributed by atoms with E-state index in [0.717, 1.165) is 27.9 Å². The third-order valence-corrected chi connectivity index (χ3v) is 3.12. The predicted molar refractivity (Wildman–Crippen MR) is 70.9 cm³/mol. The van der Waals surface area contributed by atoms with Gasteiger partial charge in [-0.2, -0.15) is 0 Å². The molecule has 3 aromatic rings. The van der Waals surface area contributed by atoms with Gasteiger partial charge in [-0.3, -0.25) is 0 Å². The minimum absolute atomic E-state index is 0.393. The van der Waals surface area contributed by atoms with Crippen molar-refractivity contribution in [1.82, 2.24) is 5.16 Å². The molecule has 3 rings (SSSR count). The van der Waals surface area contributed by atoms with Crippen LogP contribution in [0.15, 0.2) is 40.2 Å². The molecule has 2 heterocycles. The van der Waals surface area contributed by atoms with Crippen LogP contribution < -0.4 is 4.98 Å². The molecule has 0 unspecified atom stereocenters. The largest absolute Gasteiger partial charge is 0.356 e. The molecule has 0 saturated heterocycles. The molecule has 1 aromatic carbocycles. The van der Waals surface area contributed by atoms with Crippen LogP contribution in [0.2, 0.25) is 0 Å². The van der Waals surface area contributed by atoms with Gasteiger partial charge in [0, 0.05) is 30.0 Å². The highest BCUT2D eigenvalue weighted by Gasteiger charge is 2.13. The van der Waals surface area contributed by atoms with Crippen molar-refractivity contribution in [2.75, 3.05) is 0 Å². The van der Waals surface area contributed by atoms with E-state index in [2.05, 4.69) is 15.3 Å². The average molecular weight is 254 g/mol. The molecule has 0 fully saturated rings. The summed E-state index contributed by atoms with van der Waals surface area (Å²) in [4.78, 5) is 14.1. The van der Waals surface area contributed by atoms with Gasteiger partial charge in [0.2, 0.25) is 0 Å². The Labute approximate surface area is 109 Å². The number of fused-ring (bicyclic) bond motifs is 1. The maximum absolute atomic E-state index is 11.1. The third kappa shape index (κ3) is 1.89. The van der Waals surface area contributed by atoms with E-state index >= 15 is 0 Å². The number of benzene rings is 1. The van der Waals surface area contributed by atoms with Crippen molar-refractivity contribution in [3.05, 3.63) is 46.8 Å². The fourth-order valence-corrected chi connectivity index (χ4v) is 2.15. The van der Waals surface area contributed by atoms with E-state index in [1.54, 1.807) is 12.1 Å². The maximum Gasteiger partial charge on any atom is 0.177 e. The van der Waals surface area contributed by atoms with Crippen LogP contribution in [0.1, 0.15) is 11.4 Å². The second-order valence-corrected chi connectivity index (χ2v) is 4.49. The molecule has 0 atom stereocenters. The van der Waals surface area contributed by atoms with Crippen LogP contribution in [0.25, 0.3) is 22.1 Å². The fourth-order valence-electron chi connectivity index (χ4n) is 2.15. The van der Waals surface area contributed by atoms with E-state index in [9.17, 15) is 4.91 Å². The molecule has 0 aliphatic rings. The number of nitroso groups, excluding NO2 is 1. The Hall–Kier alpha value is -2.56. The summed E-state index contributed by atoms with van der Waals surface area (Å²) in [5.41, 5.74) is 4.47. The van der Waals surface area contributed by atoms with Crippen molar-refractivity contribution >= 4 is 16.7 Å². The zero-order valence-corrected chi connectivity index (χ0v) is 10.6. The smallest absolute Gasteiger partial charge is 0.177 e. The molecule has 19 heavy (non-hydrogen) atoms. The van der Waals surface area contributed by atoms with Gasteiger partial charge in [0.25, 0.3) is 0 Å². The second kappa shape index (κ2) is 4.28. The summed E-state index contributed by atoms with van der Waals surface area (Å²) in [6, 6.07) is 7.38. The second-order valence-electron chi connectivity index (χ2n) is 4.49. The number of nitrogens with zero attached hydrogens (tertiary/aromatic N) is 2. The number of rotatable bonds is 2. The van der Waals surface area contributed by atoms with Crippen molar-refractivity contribution in [2.24, 2.45) is 5.18 Å². The van der Waals surface area contributed by atoms with Crippen LogP contribution in [-0.4, -0.2) is 5.16 Å². The van der Waals surface area contributed by atoms with Gasteiger partial charge in [-0.15, -0.1) is 4.91 Å². The van der Waals surface area contributed by atoms with Gasteiger partial charge in [-0.25, -0.2) is 4.98 Å². The lowest BCUT2D eigenvalue weighted by atomic mass is 10.0. The van der Waals surface area contributed by atoms with Crippen molar-refractivity contribution in [3.8, 4) is 11.1 Å². The molecule has 0 aliphatic heterocycles. The molecule has 2 aromatic heterocycles. The number of aryl methyl sites for hydroxylation is 2. The van der Waals surface area contributed by atoms with Crippen LogP contribution >= 0.6 is 0 Å². The van der Waals surface area contributed by atoms with Gasteiger partial charge in [0.15, 0.2) is 17.5 Å². The Balaban J connectivity index is 2.30. The number of nitrogens with one attached hydrogen (secondary N) is 1. The molecular formula is C14H12N3O2+. The standard InChI is InChI=1S/C14H11N3O2/c1-8-5-10(3-4-15-8)12-7-14-11(6-13(12)16-18)9(2)17-19-14/h3-7H,1-2H3/p+1. The molecule has 0 saturated carbocycles. The van der Waals surface area contributed by atoms with E-state index in [-0.39, 0.29) is 0 Å². The molecule has 0 aliphatic carbocycles. The molecule has 0 radical (unpaired) electrons. The van der Waals surface area contributed by atoms with Gasteiger partial charge in [-0.05, 0) is 29.8 Å². The number of pyridine rings is 1. The average Bonchev–Trinajstić information content (AvgIpc) is 2.78. The minimum atomic E-state index is 0.393. The summed E-state index contributed by atoms with van der Waals surface area (Å²) < 4.78 is 5.24. The maximum atomic E-state index is 11.1. The van der Waals surface area contributed by atoms with Crippen LogP contribution in [0.4, 0.5) is 5.69 Å². The quantitative estimate of drug-likeness (QED) is 0.658. The Morgan fingerprint density at radius 3 is 2.84 bits per heavy atom. The molecule has 5 nitrogen and oxygen atoms in total. The number of H-pyrrole nitrogens is 1. The van der Waals surface area contributed by atoms with Crippen LogP contribution in [0.3, 0.4) is 0 Å². The van der Waals surface area contributed by atoms with Crippen molar-refractivity contribution in [1.29, 1.82) is 0 Å². The van der Waals surface area contributed by atoms with E-state index in [1.807, 2.05) is 32.2 Å². The third-order valence-electron chi connectivity index (χ3n) is 3.12. The number of hydrogen-bond donors (Lipinski definition) is 0. The highest BCUT2D eigenvalue weighted by Crippen LogP contribution is 2.35. The Morgan fingerprint density at radius 2 is 2.11 bits per heavy atom. The zero-order valence-electron chi connectivity index (χ0n) is 10.6. The lowest BCUT2D eigenvalue weighted by molar-refractivity contribution is -0.387. The summed E-state index contributed by atoms with van der Waals surface area (Å²) in [5.74, 6) is 0. The molecule has 5 heteroatoms. The summed E-state index contributed by atoms with van der Waals surface area (Å²) in [6.45, 7) is 3.79. The van der Waals surface area contributed by atoms with Gasteiger partial charge < -0.3 is 4.52 Å². The SMILES string of the molecule is Cc1cc(-c2cc3onc(C)c3cc2N=O)cc[nH+]1. The van der Waals surface area contributed by atoms with E-state index < -0.39 is 0 Å². The van der Waals surface area contributed by atoms with Crippen LogP contribution in [-0.2, 0) is 0 Å². The molecule has 94 valence electrons. The Kier molecular flexibility index (Phi) is 2.59. The number of aromatic amines is 1. The zero-order chi connectivity index (χ0) is 13.4. The molecular weight excluding hydrogens is 242 g/mol. The number of aromatic nitrogens is 2. The lowest BCUT2D eigenvalue weighted by Crippen LogP contribution is -2.04. The van der Waals surface area contributed by atoms with Crippen LogP contribution in [0, 0.1) is 18.8 Å². The number of hydrogen-bond acceptors (Lipinski definition) is 4. The molecule has 0 amide bonds. The van der Waals surface area contributed by atoms with Crippen LogP contribution in [0.5, 0.6) is 0 Å². The summed E-state index contributed by atoms with van der Waals surface area (Å²) in [6.07, 6.45) is 1.83. The van der Waals surface area contributed by atoms with Gasteiger partial charge in [-0.1, -0.05) is 5.16 Å². The lowest BCUT2D eigenvalue weighted by Gasteiger charge is -2.03. The van der Waals surface area contributed by atoms with Crippen molar-refractivity contribution in [2.45, 2.75) is 13.8 Å². The van der Waals surface area contributed by atoms with E-state index in [0.29, 0.717) is 11.3 Å². The summed E-state index contributed by atoms with van der Waals surface area (Å²) in [7, 11) is 0. The minimum Gasteiger partial charge on any atom is -0.356 e. The summed E-state index contributed by atoms with van der Waals surface area (Å²) in [5, 5.41) is 7.83. The van der Waals surface area contributed by atoms with Gasteiger partial charge in [0.05, 0.1) is 5.69 Å². The van der Waals surface area contributed by atoms with Gasteiger partial charge in [0.1, 0.15) is 5.69 Å². The van der Waals surface area contributed by atoms with E-state index in [4.69, 9.17) is 4.52 Å². The summed E-state index contributed by atoms with van der Waals surface area (Å²) >= 11 is 0. The first-order chi connectivity index (χ1) is 9.19. The Bertz CT molecular complexity index is 777. The molecule has 1 N–H and O–H groups in total. The van der Waals surface area contributed by atoms with Crippen molar-refractivity contribution in [3.63, 3.8) is 0 Å². The first-order valence-electron chi connectivity index (χ1n) is 5.91. The first-order valence-corrected chi connectivity index (χ1v) is 5.91.